The van der Waals surface area contributed by atoms with E-state index in [2.05, 4.69) is 41.7 Å². The Hall–Kier alpha value is -2.10. The molecular weight excluding hydrogens is 250 g/mol. The molecule has 1 aliphatic rings. The molecule has 0 unspecified atom stereocenters. The first-order chi connectivity index (χ1) is 9.50. The molecule has 0 saturated heterocycles. The maximum absolute atomic E-state index is 10.5. The molecule has 0 atom stereocenters. The number of hydrogen-bond acceptors (Lipinski definition) is 2. The molecule has 0 fully saturated rings. The third-order valence-corrected chi connectivity index (χ3v) is 3.92. The van der Waals surface area contributed by atoms with Gasteiger partial charge in [-0.05, 0) is 42.5 Å². The highest BCUT2D eigenvalue weighted by Gasteiger charge is 2.31. The van der Waals surface area contributed by atoms with Gasteiger partial charge < -0.3 is 9.88 Å². The third-order valence-electron chi connectivity index (χ3n) is 3.92. The molecule has 3 rings (SSSR count). The Kier molecular flexibility index (Phi) is 2.89. The minimum absolute atomic E-state index is 0.313. The van der Waals surface area contributed by atoms with Gasteiger partial charge >= 0.3 is 0 Å². The molecule has 20 heavy (non-hydrogen) atoms. The van der Waals surface area contributed by atoms with Crippen molar-refractivity contribution in [3.8, 4) is 11.3 Å². The highest BCUT2D eigenvalue weighted by atomic mass is 16.1. The van der Waals surface area contributed by atoms with E-state index < -0.39 is 0 Å². The fraction of sp³-hybridized carbons (Fsp3) is 0.375. The SMILES string of the molecule is Cc1cc(-c2ccnc(NC=O)c2)n2c1CC(C)(C)C2. The van der Waals surface area contributed by atoms with Crippen LogP contribution in [-0.4, -0.2) is 16.0 Å². The average Bonchev–Trinajstić information content (AvgIpc) is 2.85. The molecule has 0 saturated carbocycles. The summed E-state index contributed by atoms with van der Waals surface area (Å²) in [7, 11) is 0. The molecule has 104 valence electrons. The summed E-state index contributed by atoms with van der Waals surface area (Å²) in [6.07, 6.45) is 3.50. The van der Waals surface area contributed by atoms with Gasteiger partial charge in [0.1, 0.15) is 5.82 Å². The highest BCUT2D eigenvalue weighted by molar-refractivity contribution is 5.73. The number of amides is 1. The van der Waals surface area contributed by atoms with Gasteiger partial charge in [-0.3, -0.25) is 4.79 Å². The second-order valence-corrected chi connectivity index (χ2v) is 6.28. The number of aromatic nitrogens is 2. The lowest BCUT2D eigenvalue weighted by atomic mass is 9.90. The van der Waals surface area contributed by atoms with Crippen LogP contribution in [0.15, 0.2) is 24.4 Å². The van der Waals surface area contributed by atoms with Gasteiger partial charge in [0.25, 0.3) is 0 Å². The van der Waals surface area contributed by atoms with Gasteiger partial charge in [0.2, 0.25) is 6.41 Å². The van der Waals surface area contributed by atoms with Gasteiger partial charge in [-0.1, -0.05) is 13.8 Å². The van der Waals surface area contributed by atoms with E-state index in [0.29, 0.717) is 17.6 Å². The summed E-state index contributed by atoms with van der Waals surface area (Å²) in [5.41, 5.74) is 5.38. The van der Waals surface area contributed by atoms with Gasteiger partial charge in [-0.25, -0.2) is 4.98 Å². The Morgan fingerprint density at radius 1 is 1.40 bits per heavy atom. The average molecular weight is 269 g/mol. The lowest BCUT2D eigenvalue weighted by Gasteiger charge is -2.16. The molecular formula is C16H19N3O. The van der Waals surface area contributed by atoms with Crippen LogP contribution in [-0.2, 0) is 17.8 Å². The predicted octanol–water partition coefficient (Wildman–Crippen LogP) is 3.01. The number of nitrogens with one attached hydrogen (secondary N) is 1. The summed E-state index contributed by atoms with van der Waals surface area (Å²) in [6, 6.07) is 6.13. The number of anilines is 1. The van der Waals surface area contributed by atoms with E-state index in [1.807, 2.05) is 12.1 Å². The summed E-state index contributed by atoms with van der Waals surface area (Å²) in [5.74, 6) is 0.586. The molecule has 2 aromatic heterocycles. The smallest absolute Gasteiger partial charge is 0.212 e. The van der Waals surface area contributed by atoms with Crippen LogP contribution in [0.3, 0.4) is 0 Å². The number of fused-ring (bicyclic) bond motifs is 1. The van der Waals surface area contributed by atoms with Gasteiger partial charge in [-0.15, -0.1) is 0 Å². The van der Waals surface area contributed by atoms with Crippen LogP contribution in [0.5, 0.6) is 0 Å². The highest BCUT2D eigenvalue weighted by Crippen LogP contribution is 2.38. The van der Waals surface area contributed by atoms with Gasteiger partial charge in [-0.2, -0.15) is 0 Å². The van der Waals surface area contributed by atoms with Crippen molar-refractivity contribution >= 4 is 12.2 Å². The van der Waals surface area contributed by atoms with Crippen LogP contribution in [0.4, 0.5) is 5.82 Å². The number of hydrogen-bond donors (Lipinski definition) is 1. The first-order valence-electron chi connectivity index (χ1n) is 6.86. The van der Waals surface area contributed by atoms with Crippen molar-refractivity contribution in [2.45, 2.75) is 33.7 Å². The summed E-state index contributed by atoms with van der Waals surface area (Å²) >= 11 is 0. The maximum atomic E-state index is 10.5. The molecule has 4 nitrogen and oxygen atoms in total. The van der Waals surface area contributed by atoms with Crippen LogP contribution < -0.4 is 5.32 Å². The number of aryl methyl sites for hydroxylation is 1. The van der Waals surface area contributed by atoms with E-state index in [4.69, 9.17) is 0 Å². The van der Waals surface area contributed by atoms with E-state index in [1.54, 1.807) is 6.20 Å². The molecule has 1 N–H and O–H groups in total. The quantitative estimate of drug-likeness (QED) is 0.871. The Balaban J connectivity index is 2.06. The van der Waals surface area contributed by atoms with E-state index in [1.165, 1.54) is 17.0 Å². The molecule has 1 amide bonds. The summed E-state index contributed by atoms with van der Waals surface area (Å²) < 4.78 is 2.40. The van der Waals surface area contributed by atoms with Crippen molar-refractivity contribution in [3.05, 3.63) is 35.7 Å². The second kappa shape index (κ2) is 4.47. The summed E-state index contributed by atoms with van der Waals surface area (Å²) in [6.45, 7) is 7.80. The standard InChI is InChI=1S/C16H19N3O/c1-11-6-13(19-9-16(2,3)8-14(11)19)12-4-5-17-15(7-12)18-10-20/h4-7,10H,8-9H2,1-3H3,(H,17,18,20). The van der Waals surface area contributed by atoms with Crippen LogP contribution in [0, 0.1) is 12.3 Å². The zero-order valence-electron chi connectivity index (χ0n) is 12.1. The molecule has 3 heterocycles. The number of rotatable bonds is 3. The minimum atomic E-state index is 0.313. The Morgan fingerprint density at radius 3 is 2.95 bits per heavy atom. The molecule has 0 spiro atoms. The van der Waals surface area contributed by atoms with Gasteiger partial charge in [0.05, 0.1) is 0 Å². The Morgan fingerprint density at radius 2 is 2.20 bits per heavy atom. The number of pyridine rings is 1. The maximum Gasteiger partial charge on any atom is 0.212 e. The molecule has 0 aromatic carbocycles. The third kappa shape index (κ3) is 2.11. The summed E-state index contributed by atoms with van der Waals surface area (Å²) in [4.78, 5) is 14.7. The predicted molar refractivity (Wildman–Crippen MR) is 79.6 cm³/mol. The zero-order chi connectivity index (χ0) is 14.3. The topological polar surface area (TPSA) is 46.9 Å². The normalized spacial score (nSPS) is 15.9. The molecule has 1 aliphatic heterocycles. The molecule has 2 aromatic rings. The van der Waals surface area contributed by atoms with Crippen LogP contribution in [0.2, 0.25) is 0 Å². The van der Waals surface area contributed by atoms with Crippen LogP contribution >= 0.6 is 0 Å². The van der Waals surface area contributed by atoms with E-state index in [-0.39, 0.29) is 0 Å². The lowest BCUT2D eigenvalue weighted by molar-refractivity contribution is -0.105. The van der Waals surface area contributed by atoms with Crippen LogP contribution in [0.1, 0.15) is 25.1 Å². The fourth-order valence-electron chi connectivity index (χ4n) is 3.05. The molecule has 0 aliphatic carbocycles. The number of carbonyl (C=O) groups excluding carboxylic acids is 1. The Bertz CT molecular complexity index is 670. The van der Waals surface area contributed by atoms with Crippen molar-refractivity contribution in [3.63, 3.8) is 0 Å². The van der Waals surface area contributed by atoms with Crippen LogP contribution in [0.25, 0.3) is 11.3 Å². The van der Waals surface area contributed by atoms with Crippen molar-refractivity contribution < 1.29 is 4.79 Å². The summed E-state index contributed by atoms with van der Waals surface area (Å²) in [5, 5.41) is 2.61. The second-order valence-electron chi connectivity index (χ2n) is 6.28. The minimum Gasteiger partial charge on any atom is -0.344 e. The Labute approximate surface area is 118 Å². The number of nitrogens with zero attached hydrogens (tertiary/aromatic N) is 2. The number of carbonyl (C=O) groups is 1. The zero-order valence-corrected chi connectivity index (χ0v) is 12.1. The van der Waals surface area contributed by atoms with Crippen molar-refractivity contribution in [2.75, 3.05) is 5.32 Å². The first-order valence-corrected chi connectivity index (χ1v) is 6.86. The monoisotopic (exact) mass is 269 g/mol. The molecule has 0 radical (unpaired) electrons. The van der Waals surface area contributed by atoms with Gasteiger partial charge in [0.15, 0.2) is 0 Å². The van der Waals surface area contributed by atoms with E-state index in [0.717, 1.165) is 18.5 Å². The van der Waals surface area contributed by atoms with E-state index in [9.17, 15) is 4.79 Å². The first kappa shape index (κ1) is 12.9. The van der Waals surface area contributed by atoms with Crippen molar-refractivity contribution in [2.24, 2.45) is 5.41 Å². The van der Waals surface area contributed by atoms with E-state index >= 15 is 0 Å². The molecule has 0 bridgehead atoms. The van der Waals surface area contributed by atoms with Crippen molar-refractivity contribution in [1.82, 2.24) is 9.55 Å². The lowest BCUT2D eigenvalue weighted by Crippen LogP contribution is -2.12. The molecule has 4 heteroatoms. The van der Waals surface area contributed by atoms with Gasteiger partial charge in [0, 0.05) is 29.7 Å². The van der Waals surface area contributed by atoms with Crippen molar-refractivity contribution in [1.29, 1.82) is 0 Å². The fourth-order valence-corrected chi connectivity index (χ4v) is 3.05. The largest absolute Gasteiger partial charge is 0.344 e.